The number of benzene rings is 1. The standard InChI is InChI=1S/C18H21FN4O/c19-8-7-12-9-14-5-6-15(10-12)23(14)18(24)20-17-11-13-3-1-2-4-16(13)21-22-17/h1-4,11-12,14-15H,5-10H2,(H,20,22,24). The topological polar surface area (TPSA) is 58.1 Å². The molecule has 0 spiro atoms. The molecule has 1 aromatic heterocycles. The predicted molar refractivity (Wildman–Crippen MR) is 90.5 cm³/mol. The van der Waals surface area contributed by atoms with Crippen LogP contribution >= 0.6 is 0 Å². The van der Waals surface area contributed by atoms with Crippen molar-refractivity contribution in [2.45, 2.75) is 44.2 Å². The van der Waals surface area contributed by atoms with Gasteiger partial charge in [-0.2, -0.15) is 0 Å². The van der Waals surface area contributed by atoms with Gasteiger partial charge >= 0.3 is 6.03 Å². The molecule has 24 heavy (non-hydrogen) atoms. The number of anilines is 1. The van der Waals surface area contributed by atoms with E-state index in [2.05, 4.69) is 15.5 Å². The summed E-state index contributed by atoms with van der Waals surface area (Å²) in [5.74, 6) is 0.890. The summed E-state index contributed by atoms with van der Waals surface area (Å²) in [5.41, 5.74) is 0.808. The Labute approximate surface area is 140 Å². The van der Waals surface area contributed by atoms with Crippen LogP contribution in [0.3, 0.4) is 0 Å². The van der Waals surface area contributed by atoms with Gasteiger partial charge < -0.3 is 4.90 Å². The Hall–Kier alpha value is -2.24. The molecule has 0 saturated carbocycles. The number of fused-ring (bicyclic) bond motifs is 3. The van der Waals surface area contributed by atoms with E-state index in [1.54, 1.807) is 0 Å². The minimum absolute atomic E-state index is 0.106. The van der Waals surface area contributed by atoms with E-state index in [9.17, 15) is 9.18 Å². The smallest absolute Gasteiger partial charge is 0.319 e. The second-order valence-corrected chi connectivity index (χ2v) is 6.83. The van der Waals surface area contributed by atoms with Crippen molar-refractivity contribution in [2.24, 2.45) is 5.92 Å². The molecule has 0 radical (unpaired) electrons. The predicted octanol–water partition coefficient (Wildman–Crippen LogP) is 3.76. The molecule has 2 bridgehead atoms. The van der Waals surface area contributed by atoms with Gasteiger partial charge in [0.1, 0.15) is 0 Å². The van der Waals surface area contributed by atoms with Crippen molar-refractivity contribution in [3.63, 3.8) is 0 Å². The second-order valence-electron chi connectivity index (χ2n) is 6.83. The highest BCUT2D eigenvalue weighted by Gasteiger charge is 2.43. The minimum Gasteiger partial charge on any atom is -0.319 e. The fraction of sp³-hybridized carbons (Fsp3) is 0.500. The van der Waals surface area contributed by atoms with E-state index >= 15 is 0 Å². The highest BCUT2D eigenvalue weighted by Crippen LogP contribution is 2.40. The van der Waals surface area contributed by atoms with Gasteiger partial charge in [0.25, 0.3) is 0 Å². The summed E-state index contributed by atoms with van der Waals surface area (Å²) in [4.78, 5) is 14.7. The molecule has 2 amide bonds. The lowest BCUT2D eigenvalue weighted by molar-refractivity contribution is 0.125. The Morgan fingerprint density at radius 2 is 1.96 bits per heavy atom. The lowest BCUT2D eigenvalue weighted by atomic mass is 9.89. The van der Waals surface area contributed by atoms with E-state index in [0.29, 0.717) is 18.2 Å². The van der Waals surface area contributed by atoms with Crippen molar-refractivity contribution >= 4 is 22.8 Å². The van der Waals surface area contributed by atoms with Gasteiger partial charge in [0.05, 0.1) is 12.2 Å². The first-order chi connectivity index (χ1) is 11.7. The molecule has 1 N–H and O–H groups in total. The molecule has 2 unspecified atom stereocenters. The Morgan fingerprint density at radius 1 is 1.21 bits per heavy atom. The van der Waals surface area contributed by atoms with Crippen LogP contribution < -0.4 is 5.32 Å². The van der Waals surface area contributed by atoms with Crippen molar-refractivity contribution in [1.82, 2.24) is 15.1 Å². The monoisotopic (exact) mass is 328 g/mol. The molecule has 5 nitrogen and oxygen atoms in total. The molecule has 4 rings (SSSR count). The summed E-state index contributed by atoms with van der Waals surface area (Å²) in [6, 6.07) is 9.89. The molecule has 2 atom stereocenters. The first-order valence-corrected chi connectivity index (χ1v) is 8.62. The second kappa shape index (κ2) is 6.34. The van der Waals surface area contributed by atoms with Crippen molar-refractivity contribution in [1.29, 1.82) is 0 Å². The van der Waals surface area contributed by atoms with Gasteiger partial charge in [-0.1, -0.05) is 18.2 Å². The molecular weight excluding hydrogens is 307 g/mol. The summed E-state index contributed by atoms with van der Waals surface area (Å²) < 4.78 is 12.6. The van der Waals surface area contributed by atoms with Gasteiger partial charge in [0.2, 0.25) is 0 Å². The molecule has 0 aliphatic carbocycles. The van der Waals surface area contributed by atoms with E-state index < -0.39 is 0 Å². The molecule has 2 fully saturated rings. The Morgan fingerprint density at radius 3 is 2.71 bits per heavy atom. The molecular formula is C18H21FN4O. The average Bonchev–Trinajstić information content (AvgIpc) is 2.86. The number of nitrogens with zero attached hydrogens (tertiary/aromatic N) is 3. The third-order valence-corrected chi connectivity index (χ3v) is 5.31. The van der Waals surface area contributed by atoms with Gasteiger partial charge in [0, 0.05) is 17.5 Å². The van der Waals surface area contributed by atoms with Crippen molar-refractivity contribution in [3.05, 3.63) is 30.3 Å². The molecule has 126 valence electrons. The quantitative estimate of drug-likeness (QED) is 0.933. The van der Waals surface area contributed by atoms with Gasteiger partial charge in [-0.3, -0.25) is 9.71 Å². The molecule has 2 aromatic rings. The van der Waals surface area contributed by atoms with Crippen LogP contribution in [0.2, 0.25) is 0 Å². The minimum atomic E-state index is -0.261. The summed E-state index contributed by atoms with van der Waals surface area (Å²) >= 11 is 0. The number of carbonyl (C=O) groups is 1. The van der Waals surface area contributed by atoms with Crippen LogP contribution in [0, 0.1) is 5.92 Å². The summed E-state index contributed by atoms with van der Waals surface area (Å²) in [6.07, 6.45) is 4.49. The average molecular weight is 328 g/mol. The lowest BCUT2D eigenvalue weighted by Gasteiger charge is -2.38. The Bertz CT molecular complexity index is 739. The zero-order chi connectivity index (χ0) is 16.5. The van der Waals surface area contributed by atoms with Crippen molar-refractivity contribution in [3.8, 4) is 0 Å². The molecule has 6 heteroatoms. The molecule has 2 aliphatic heterocycles. The van der Waals surface area contributed by atoms with Gasteiger partial charge in [0.15, 0.2) is 5.82 Å². The van der Waals surface area contributed by atoms with Crippen LogP contribution in [0.15, 0.2) is 30.3 Å². The lowest BCUT2D eigenvalue weighted by Crippen LogP contribution is -2.48. The normalized spacial score (nSPS) is 25.9. The SMILES string of the molecule is O=C(Nc1cc2ccccc2nn1)N1C2CCC1CC(CCF)C2. The third kappa shape index (κ3) is 2.81. The van der Waals surface area contributed by atoms with Crippen LogP contribution in [0.4, 0.5) is 15.0 Å². The number of nitrogens with one attached hydrogen (secondary N) is 1. The van der Waals surface area contributed by atoms with Crippen LogP contribution in [0.1, 0.15) is 32.1 Å². The first kappa shape index (κ1) is 15.3. The zero-order valence-electron chi connectivity index (χ0n) is 13.5. The number of hydrogen-bond acceptors (Lipinski definition) is 3. The van der Waals surface area contributed by atoms with Crippen LogP contribution in [-0.4, -0.2) is 39.9 Å². The molecule has 2 saturated heterocycles. The highest BCUT2D eigenvalue weighted by atomic mass is 19.1. The van der Waals surface area contributed by atoms with Crippen molar-refractivity contribution < 1.29 is 9.18 Å². The van der Waals surface area contributed by atoms with E-state index in [-0.39, 0.29) is 24.8 Å². The molecule has 3 heterocycles. The number of carbonyl (C=O) groups excluding carboxylic acids is 1. The maximum atomic E-state index is 12.7. The summed E-state index contributed by atoms with van der Waals surface area (Å²) in [6.45, 7) is -0.261. The van der Waals surface area contributed by atoms with Crippen LogP contribution in [-0.2, 0) is 0 Å². The zero-order valence-corrected chi connectivity index (χ0v) is 13.5. The van der Waals surface area contributed by atoms with E-state index in [4.69, 9.17) is 0 Å². The Kier molecular flexibility index (Phi) is 4.04. The number of rotatable bonds is 3. The first-order valence-electron chi connectivity index (χ1n) is 8.62. The van der Waals surface area contributed by atoms with Gasteiger partial charge in [-0.25, -0.2) is 4.79 Å². The van der Waals surface area contributed by atoms with E-state index in [1.807, 2.05) is 35.2 Å². The van der Waals surface area contributed by atoms with Crippen LogP contribution in [0.5, 0.6) is 0 Å². The summed E-state index contributed by atoms with van der Waals surface area (Å²) in [5, 5.41) is 12.1. The molecule has 1 aromatic carbocycles. The fourth-order valence-corrected chi connectivity index (χ4v) is 4.23. The maximum absolute atomic E-state index is 12.7. The largest absolute Gasteiger partial charge is 0.323 e. The maximum Gasteiger partial charge on any atom is 0.323 e. The Balaban J connectivity index is 1.48. The van der Waals surface area contributed by atoms with Gasteiger partial charge in [-0.05, 0) is 50.2 Å². The van der Waals surface area contributed by atoms with Gasteiger partial charge in [-0.15, -0.1) is 10.2 Å². The van der Waals surface area contributed by atoms with E-state index in [0.717, 1.165) is 36.6 Å². The highest BCUT2D eigenvalue weighted by molar-refractivity contribution is 5.91. The number of amides is 2. The fourth-order valence-electron chi connectivity index (χ4n) is 4.23. The number of piperidine rings is 1. The number of hydrogen-bond donors (Lipinski definition) is 1. The van der Waals surface area contributed by atoms with Crippen molar-refractivity contribution in [2.75, 3.05) is 12.0 Å². The summed E-state index contributed by atoms with van der Waals surface area (Å²) in [7, 11) is 0. The molecule has 2 aliphatic rings. The van der Waals surface area contributed by atoms with Crippen LogP contribution in [0.25, 0.3) is 10.9 Å². The number of alkyl halides is 1. The number of urea groups is 1. The number of aromatic nitrogens is 2. The number of halogens is 1. The third-order valence-electron chi connectivity index (χ3n) is 5.31. The van der Waals surface area contributed by atoms with E-state index in [1.165, 1.54) is 0 Å².